The Morgan fingerprint density at radius 2 is 2.23 bits per heavy atom. The maximum atomic E-state index is 10.7. The normalized spacial score (nSPS) is 9.38. The van der Waals surface area contributed by atoms with Crippen LogP contribution < -0.4 is 15.8 Å². The third kappa shape index (κ3) is 2.37. The van der Waals surface area contributed by atoms with Crippen molar-refractivity contribution in [2.45, 2.75) is 6.92 Å². The number of nitrogens with one attached hydrogen (secondary N) is 1. The van der Waals surface area contributed by atoms with Gasteiger partial charge in [0.15, 0.2) is 0 Å². The van der Waals surface area contributed by atoms with E-state index in [4.69, 9.17) is 10.5 Å². The Kier molecular flexibility index (Phi) is 2.74. The molecule has 0 saturated heterocycles. The van der Waals surface area contributed by atoms with Crippen LogP contribution in [0.25, 0.3) is 0 Å². The fourth-order valence-corrected chi connectivity index (χ4v) is 0.992. The van der Waals surface area contributed by atoms with Gasteiger partial charge in [0, 0.05) is 18.7 Å². The van der Waals surface area contributed by atoms with Crippen LogP contribution in [-0.4, -0.2) is 13.0 Å². The largest absolute Gasteiger partial charge is 0.495 e. The average Bonchev–Trinajstić information content (AvgIpc) is 2.07. The Balaban J connectivity index is 2.92. The van der Waals surface area contributed by atoms with Gasteiger partial charge in [-0.15, -0.1) is 0 Å². The number of nitrogens with two attached hydrogens (primary N) is 1. The van der Waals surface area contributed by atoms with Gasteiger partial charge in [-0.2, -0.15) is 0 Å². The van der Waals surface area contributed by atoms with Gasteiger partial charge in [-0.1, -0.05) is 0 Å². The number of methoxy groups -OCH3 is 1. The van der Waals surface area contributed by atoms with E-state index in [1.54, 1.807) is 18.2 Å². The monoisotopic (exact) mass is 180 g/mol. The first kappa shape index (κ1) is 9.38. The maximum absolute atomic E-state index is 10.7. The predicted molar refractivity (Wildman–Crippen MR) is 51.7 cm³/mol. The Morgan fingerprint density at radius 3 is 2.77 bits per heavy atom. The number of ether oxygens (including phenoxy) is 1. The summed E-state index contributed by atoms with van der Waals surface area (Å²) < 4.78 is 4.99. The first-order valence-electron chi connectivity index (χ1n) is 3.84. The van der Waals surface area contributed by atoms with Crippen molar-refractivity contribution < 1.29 is 9.53 Å². The summed E-state index contributed by atoms with van der Waals surface area (Å²) in [5.41, 5.74) is 6.82. The first-order chi connectivity index (χ1) is 6.13. The van der Waals surface area contributed by atoms with Crippen LogP contribution in [0.5, 0.6) is 5.75 Å². The second-order valence-corrected chi connectivity index (χ2v) is 2.64. The standard InChI is InChI=1S/C9H12N2O2/c1-6(12)11-7-3-4-8(10)9(5-7)13-2/h3-5H,10H2,1-2H3,(H,11,12). The van der Waals surface area contributed by atoms with Gasteiger partial charge in [0.2, 0.25) is 5.91 Å². The summed E-state index contributed by atoms with van der Waals surface area (Å²) in [4.78, 5) is 10.7. The van der Waals surface area contributed by atoms with E-state index >= 15 is 0 Å². The summed E-state index contributed by atoms with van der Waals surface area (Å²) in [5.74, 6) is 0.443. The summed E-state index contributed by atoms with van der Waals surface area (Å²) >= 11 is 0. The van der Waals surface area contributed by atoms with Crippen LogP contribution in [0.1, 0.15) is 6.92 Å². The van der Waals surface area contributed by atoms with Crippen molar-refractivity contribution in [1.82, 2.24) is 0 Å². The second-order valence-electron chi connectivity index (χ2n) is 2.64. The third-order valence-corrected chi connectivity index (χ3v) is 1.55. The molecule has 0 heterocycles. The van der Waals surface area contributed by atoms with Gasteiger partial charge in [-0.3, -0.25) is 4.79 Å². The van der Waals surface area contributed by atoms with Crippen molar-refractivity contribution in [2.24, 2.45) is 0 Å². The van der Waals surface area contributed by atoms with E-state index in [9.17, 15) is 4.79 Å². The summed E-state index contributed by atoms with van der Waals surface area (Å²) in [6, 6.07) is 5.08. The molecule has 1 aromatic carbocycles. The van der Waals surface area contributed by atoms with Crippen molar-refractivity contribution >= 4 is 17.3 Å². The van der Waals surface area contributed by atoms with Gasteiger partial charge >= 0.3 is 0 Å². The molecule has 1 aromatic rings. The summed E-state index contributed by atoms with van der Waals surface area (Å²) in [7, 11) is 1.53. The zero-order valence-electron chi connectivity index (χ0n) is 7.63. The van der Waals surface area contributed by atoms with E-state index in [-0.39, 0.29) is 5.91 Å². The molecule has 1 amide bonds. The lowest BCUT2D eigenvalue weighted by Gasteiger charge is -2.07. The molecule has 0 radical (unpaired) electrons. The Bertz CT molecular complexity index is 323. The van der Waals surface area contributed by atoms with Crippen LogP contribution in [0.15, 0.2) is 18.2 Å². The molecule has 1 rings (SSSR count). The SMILES string of the molecule is COc1cc(NC(C)=O)ccc1N. The number of rotatable bonds is 2. The highest BCUT2D eigenvalue weighted by molar-refractivity contribution is 5.89. The quantitative estimate of drug-likeness (QED) is 0.673. The van der Waals surface area contributed by atoms with E-state index in [1.165, 1.54) is 14.0 Å². The number of carbonyl (C=O) groups is 1. The Labute approximate surface area is 76.7 Å². The molecule has 0 aliphatic heterocycles. The lowest BCUT2D eigenvalue weighted by molar-refractivity contribution is -0.114. The molecule has 0 aliphatic rings. The minimum atomic E-state index is -0.119. The van der Waals surface area contributed by atoms with Crippen LogP contribution >= 0.6 is 0 Å². The van der Waals surface area contributed by atoms with E-state index in [0.717, 1.165) is 0 Å². The molecule has 0 unspecified atom stereocenters. The van der Waals surface area contributed by atoms with E-state index in [0.29, 0.717) is 17.1 Å². The Morgan fingerprint density at radius 1 is 1.54 bits per heavy atom. The molecular formula is C9H12N2O2. The van der Waals surface area contributed by atoms with Gasteiger partial charge < -0.3 is 15.8 Å². The minimum Gasteiger partial charge on any atom is -0.495 e. The number of amides is 1. The summed E-state index contributed by atoms with van der Waals surface area (Å²) in [5, 5.41) is 2.63. The average molecular weight is 180 g/mol. The zero-order valence-corrected chi connectivity index (χ0v) is 7.63. The molecule has 4 heteroatoms. The van der Waals surface area contributed by atoms with Crippen LogP contribution in [0.2, 0.25) is 0 Å². The highest BCUT2D eigenvalue weighted by atomic mass is 16.5. The van der Waals surface area contributed by atoms with Crippen molar-refractivity contribution in [1.29, 1.82) is 0 Å². The van der Waals surface area contributed by atoms with Gasteiger partial charge in [-0.05, 0) is 12.1 Å². The van der Waals surface area contributed by atoms with E-state index in [1.807, 2.05) is 0 Å². The van der Waals surface area contributed by atoms with Gasteiger partial charge in [0.25, 0.3) is 0 Å². The lowest BCUT2D eigenvalue weighted by atomic mass is 10.2. The second kappa shape index (κ2) is 3.80. The van der Waals surface area contributed by atoms with E-state index in [2.05, 4.69) is 5.32 Å². The molecule has 0 saturated carbocycles. The highest BCUT2D eigenvalue weighted by Crippen LogP contribution is 2.24. The topological polar surface area (TPSA) is 64.3 Å². The Hall–Kier alpha value is -1.71. The fraction of sp³-hybridized carbons (Fsp3) is 0.222. The number of hydrogen-bond acceptors (Lipinski definition) is 3. The molecule has 70 valence electrons. The molecule has 0 aliphatic carbocycles. The predicted octanol–water partition coefficient (Wildman–Crippen LogP) is 1.24. The highest BCUT2D eigenvalue weighted by Gasteiger charge is 2.01. The molecule has 3 N–H and O–H groups in total. The summed E-state index contributed by atoms with van der Waals surface area (Å²) in [6.07, 6.45) is 0. The third-order valence-electron chi connectivity index (χ3n) is 1.55. The summed E-state index contributed by atoms with van der Waals surface area (Å²) in [6.45, 7) is 1.45. The van der Waals surface area contributed by atoms with Crippen LogP contribution in [0.3, 0.4) is 0 Å². The van der Waals surface area contributed by atoms with Crippen molar-refractivity contribution in [3.05, 3.63) is 18.2 Å². The van der Waals surface area contributed by atoms with Gasteiger partial charge in [-0.25, -0.2) is 0 Å². The maximum Gasteiger partial charge on any atom is 0.221 e. The molecule has 0 atom stereocenters. The number of anilines is 2. The van der Waals surface area contributed by atoms with Crippen LogP contribution in [0.4, 0.5) is 11.4 Å². The zero-order chi connectivity index (χ0) is 9.84. The molecular weight excluding hydrogens is 168 g/mol. The molecule has 4 nitrogen and oxygen atoms in total. The molecule has 0 bridgehead atoms. The lowest BCUT2D eigenvalue weighted by Crippen LogP contribution is -2.06. The van der Waals surface area contributed by atoms with Crippen molar-refractivity contribution in [2.75, 3.05) is 18.2 Å². The molecule has 0 fully saturated rings. The minimum absolute atomic E-state index is 0.119. The number of nitrogen functional groups attached to an aromatic ring is 1. The van der Waals surface area contributed by atoms with E-state index < -0.39 is 0 Å². The van der Waals surface area contributed by atoms with Crippen LogP contribution in [-0.2, 0) is 4.79 Å². The fourth-order valence-electron chi connectivity index (χ4n) is 0.992. The molecule has 0 aromatic heterocycles. The molecule has 13 heavy (non-hydrogen) atoms. The van der Waals surface area contributed by atoms with Gasteiger partial charge in [0.1, 0.15) is 5.75 Å². The number of benzene rings is 1. The van der Waals surface area contributed by atoms with Crippen molar-refractivity contribution in [3.8, 4) is 5.75 Å². The van der Waals surface area contributed by atoms with Gasteiger partial charge in [0.05, 0.1) is 12.8 Å². The first-order valence-corrected chi connectivity index (χ1v) is 3.84. The smallest absolute Gasteiger partial charge is 0.221 e. The van der Waals surface area contributed by atoms with Crippen LogP contribution in [0, 0.1) is 0 Å². The number of hydrogen-bond donors (Lipinski definition) is 2. The van der Waals surface area contributed by atoms with Crippen molar-refractivity contribution in [3.63, 3.8) is 0 Å². The molecule has 0 spiro atoms. The number of carbonyl (C=O) groups excluding carboxylic acids is 1.